The Morgan fingerprint density at radius 1 is 1.16 bits per heavy atom. The second-order valence-electron chi connectivity index (χ2n) is 6.19. The molecule has 2 amide bonds. The Labute approximate surface area is 146 Å². The van der Waals surface area contributed by atoms with Crippen LogP contribution < -0.4 is 5.32 Å². The second-order valence-corrected chi connectivity index (χ2v) is 6.19. The van der Waals surface area contributed by atoms with Crippen LogP contribution >= 0.6 is 0 Å². The molecule has 0 unspecified atom stereocenters. The quantitative estimate of drug-likeness (QED) is 0.868. The third-order valence-electron chi connectivity index (χ3n) is 4.25. The minimum absolute atomic E-state index is 0.0198. The van der Waals surface area contributed by atoms with Gasteiger partial charge in [-0.05, 0) is 7.05 Å². The zero-order valence-corrected chi connectivity index (χ0v) is 14.3. The van der Waals surface area contributed by atoms with Gasteiger partial charge in [-0.2, -0.15) is 0 Å². The number of benzene rings is 1. The highest BCUT2D eigenvalue weighted by molar-refractivity contribution is 5.85. The van der Waals surface area contributed by atoms with Crippen molar-refractivity contribution >= 4 is 11.8 Å². The van der Waals surface area contributed by atoms with Crippen LogP contribution in [0.5, 0.6) is 0 Å². The molecule has 1 aliphatic rings. The maximum Gasteiger partial charge on any atom is 0.242 e. The molecular weight excluding hydrogens is 320 g/mol. The van der Waals surface area contributed by atoms with Crippen molar-refractivity contribution < 1.29 is 14.1 Å². The summed E-state index contributed by atoms with van der Waals surface area (Å²) in [6.07, 6.45) is 0.0896. The van der Waals surface area contributed by atoms with Gasteiger partial charge in [-0.15, -0.1) is 0 Å². The number of likely N-dealkylation sites (N-methyl/N-ethyl adjacent to an activating group) is 1. The van der Waals surface area contributed by atoms with Crippen molar-refractivity contribution in [2.75, 3.05) is 39.8 Å². The molecule has 2 heterocycles. The van der Waals surface area contributed by atoms with Crippen LogP contribution in [0.2, 0.25) is 0 Å². The molecular formula is C18H22N4O3. The third kappa shape index (κ3) is 4.67. The van der Waals surface area contributed by atoms with E-state index < -0.39 is 0 Å². The molecule has 1 aromatic carbocycles. The van der Waals surface area contributed by atoms with Gasteiger partial charge in [0.05, 0.1) is 18.7 Å². The number of rotatable bonds is 5. The fraction of sp³-hybridized carbons (Fsp3) is 0.389. The molecule has 1 aliphatic heterocycles. The fourth-order valence-corrected chi connectivity index (χ4v) is 2.70. The molecule has 25 heavy (non-hydrogen) atoms. The first-order valence-electron chi connectivity index (χ1n) is 8.36. The molecule has 132 valence electrons. The van der Waals surface area contributed by atoms with Gasteiger partial charge in [0.15, 0.2) is 5.76 Å². The zero-order chi connectivity index (χ0) is 17.6. The summed E-state index contributed by atoms with van der Waals surface area (Å²) in [5.41, 5.74) is 1.45. The van der Waals surface area contributed by atoms with Crippen LogP contribution in [0.25, 0.3) is 11.3 Å². The van der Waals surface area contributed by atoms with Crippen LogP contribution in [0.1, 0.15) is 5.69 Å². The lowest BCUT2D eigenvalue weighted by Gasteiger charge is -2.32. The summed E-state index contributed by atoms with van der Waals surface area (Å²) < 4.78 is 5.27. The largest absolute Gasteiger partial charge is 0.356 e. The van der Waals surface area contributed by atoms with E-state index in [-0.39, 0.29) is 24.8 Å². The summed E-state index contributed by atoms with van der Waals surface area (Å²) in [6.45, 7) is 3.15. The predicted octanol–water partition coefficient (Wildman–Crippen LogP) is 0.774. The smallest absolute Gasteiger partial charge is 0.242 e. The van der Waals surface area contributed by atoms with Crippen LogP contribution in [-0.4, -0.2) is 66.5 Å². The average molecular weight is 342 g/mol. The summed E-state index contributed by atoms with van der Waals surface area (Å²) in [6, 6.07) is 11.3. The summed E-state index contributed by atoms with van der Waals surface area (Å²) >= 11 is 0. The average Bonchev–Trinajstić information content (AvgIpc) is 3.09. The van der Waals surface area contributed by atoms with Crippen molar-refractivity contribution in [3.05, 3.63) is 42.1 Å². The number of hydrogen-bond donors (Lipinski definition) is 1. The molecule has 0 atom stereocenters. The highest BCUT2D eigenvalue weighted by atomic mass is 16.5. The lowest BCUT2D eigenvalue weighted by atomic mass is 10.1. The van der Waals surface area contributed by atoms with Crippen molar-refractivity contribution in [3.8, 4) is 11.3 Å². The van der Waals surface area contributed by atoms with E-state index in [0.29, 0.717) is 24.5 Å². The van der Waals surface area contributed by atoms with Crippen LogP contribution in [-0.2, 0) is 16.0 Å². The standard InChI is InChI=1S/C18H22N4O3/c1-21-7-9-22(10-8-21)18(24)13-19-17(23)12-15-11-16(25-20-15)14-5-3-2-4-6-14/h2-6,11H,7-10,12-13H2,1H3,(H,19,23). The zero-order valence-electron chi connectivity index (χ0n) is 14.3. The number of carbonyl (C=O) groups is 2. The van der Waals surface area contributed by atoms with E-state index in [4.69, 9.17) is 4.52 Å². The number of hydrogen-bond acceptors (Lipinski definition) is 5. The van der Waals surface area contributed by atoms with E-state index in [0.717, 1.165) is 18.7 Å². The summed E-state index contributed by atoms with van der Waals surface area (Å²) in [5.74, 6) is 0.332. The van der Waals surface area contributed by atoms with Gasteiger partial charge >= 0.3 is 0 Å². The van der Waals surface area contributed by atoms with Crippen LogP contribution in [0.4, 0.5) is 0 Å². The van der Waals surface area contributed by atoms with Crippen LogP contribution in [0.15, 0.2) is 40.9 Å². The number of piperazine rings is 1. The lowest BCUT2D eigenvalue weighted by Crippen LogP contribution is -2.50. The van der Waals surface area contributed by atoms with Crippen LogP contribution in [0.3, 0.4) is 0 Å². The fourth-order valence-electron chi connectivity index (χ4n) is 2.70. The highest BCUT2D eigenvalue weighted by Gasteiger charge is 2.19. The minimum atomic E-state index is -0.240. The molecule has 7 heteroatoms. The molecule has 1 saturated heterocycles. The van der Waals surface area contributed by atoms with Crippen molar-refractivity contribution in [2.45, 2.75) is 6.42 Å². The monoisotopic (exact) mass is 342 g/mol. The number of aromatic nitrogens is 1. The van der Waals surface area contributed by atoms with Crippen molar-refractivity contribution in [2.24, 2.45) is 0 Å². The summed E-state index contributed by atoms with van der Waals surface area (Å²) in [5, 5.41) is 6.58. The third-order valence-corrected chi connectivity index (χ3v) is 4.25. The van der Waals surface area contributed by atoms with Crippen molar-refractivity contribution in [1.82, 2.24) is 20.3 Å². The Morgan fingerprint density at radius 3 is 2.60 bits per heavy atom. The predicted molar refractivity (Wildman–Crippen MR) is 92.7 cm³/mol. The van der Waals surface area contributed by atoms with E-state index >= 15 is 0 Å². The van der Waals surface area contributed by atoms with Crippen molar-refractivity contribution in [1.29, 1.82) is 0 Å². The number of nitrogens with zero attached hydrogens (tertiary/aromatic N) is 3. The Hall–Kier alpha value is -2.67. The lowest BCUT2D eigenvalue weighted by molar-refractivity contribution is -0.134. The molecule has 0 aliphatic carbocycles. The first-order chi connectivity index (χ1) is 12.1. The Morgan fingerprint density at radius 2 is 1.88 bits per heavy atom. The van der Waals surface area contributed by atoms with Gasteiger partial charge in [-0.1, -0.05) is 35.5 Å². The van der Waals surface area contributed by atoms with E-state index in [1.807, 2.05) is 37.4 Å². The van der Waals surface area contributed by atoms with Gasteiger partial charge in [-0.25, -0.2) is 0 Å². The van der Waals surface area contributed by atoms with Gasteiger partial charge in [-0.3, -0.25) is 9.59 Å². The maximum atomic E-state index is 12.1. The van der Waals surface area contributed by atoms with E-state index in [9.17, 15) is 9.59 Å². The Bertz CT molecular complexity index is 721. The second kappa shape index (κ2) is 7.94. The normalized spacial score (nSPS) is 15.2. The summed E-state index contributed by atoms with van der Waals surface area (Å²) in [4.78, 5) is 28.1. The molecule has 1 N–H and O–H groups in total. The molecule has 2 aromatic rings. The summed E-state index contributed by atoms with van der Waals surface area (Å²) in [7, 11) is 2.03. The SMILES string of the molecule is CN1CCN(C(=O)CNC(=O)Cc2cc(-c3ccccc3)on2)CC1. The topological polar surface area (TPSA) is 78.7 Å². The molecule has 0 bridgehead atoms. The maximum absolute atomic E-state index is 12.1. The van der Waals surface area contributed by atoms with Gasteiger partial charge in [0.25, 0.3) is 0 Å². The van der Waals surface area contributed by atoms with E-state index in [1.165, 1.54) is 0 Å². The van der Waals surface area contributed by atoms with Crippen LogP contribution in [0, 0.1) is 0 Å². The van der Waals surface area contributed by atoms with E-state index in [2.05, 4.69) is 15.4 Å². The molecule has 0 radical (unpaired) electrons. The molecule has 1 aromatic heterocycles. The molecule has 1 fully saturated rings. The molecule has 0 spiro atoms. The van der Waals surface area contributed by atoms with Gasteiger partial charge in [0, 0.05) is 37.8 Å². The first kappa shape index (κ1) is 17.2. The van der Waals surface area contributed by atoms with Gasteiger partial charge in [0.2, 0.25) is 11.8 Å². The molecule has 3 rings (SSSR count). The highest BCUT2D eigenvalue weighted by Crippen LogP contribution is 2.19. The molecule has 7 nitrogen and oxygen atoms in total. The van der Waals surface area contributed by atoms with Gasteiger partial charge < -0.3 is 19.6 Å². The number of nitrogens with one attached hydrogen (secondary N) is 1. The first-order valence-corrected chi connectivity index (χ1v) is 8.36. The van der Waals surface area contributed by atoms with Crippen molar-refractivity contribution in [3.63, 3.8) is 0 Å². The Kier molecular flexibility index (Phi) is 5.45. The number of carbonyl (C=O) groups excluding carboxylic acids is 2. The van der Waals surface area contributed by atoms with E-state index in [1.54, 1.807) is 11.0 Å². The molecule has 0 saturated carbocycles. The van der Waals surface area contributed by atoms with Gasteiger partial charge in [0.1, 0.15) is 0 Å². The minimum Gasteiger partial charge on any atom is -0.356 e. The number of amides is 2. The Balaban J connectivity index is 1.47.